The fourth-order valence-corrected chi connectivity index (χ4v) is 1.71. The van der Waals surface area contributed by atoms with E-state index in [1.54, 1.807) is 18.2 Å². The van der Waals surface area contributed by atoms with Gasteiger partial charge in [-0.2, -0.15) is 0 Å². The second kappa shape index (κ2) is 8.35. The van der Waals surface area contributed by atoms with Crippen LogP contribution in [0.3, 0.4) is 0 Å². The molecule has 1 rings (SSSR count). The average molecular weight is 285 g/mol. The molecule has 4 nitrogen and oxygen atoms in total. The molecule has 20 heavy (non-hydrogen) atoms. The van der Waals surface area contributed by atoms with Crippen molar-refractivity contribution >= 4 is 5.96 Å². The molecule has 112 valence electrons. The summed E-state index contributed by atoms with van der Waals surface area (Å²) >= 11 is 0. The minimum Gasteiger partial charge on any atom is -0.488 e. The number of ether oxygens (including phenoxy) is 1. The number of hydrogen-bond acceptors (Lipinski definition) is 2. The zero-order chi connectivity index (χ0) is 15.0. The van der Waals surface area contributed by atoms with Gasteiger partial charge in [0.25, 0.3) is 6.43 Å². The lowest BCUT2D eigenvalue weighted by molar-refractivity contribution is 0.0818. The fraction of sp³-hybridized carbons (Fsp3) is 0.500. The molecule has 0 amide bonds. The van der Waals surface area contributed by atoms with E-state index in [1.807, 2.05) is 24.8 Å². The molecule has 1 aromatic rings. The van der Waals surface area contributed by atoms with Crippen LogP contribution in [-0.2, 0) is 6.54 Å². The molecular formula is C14H21F2N3O. The van der Waals surface area contributed by atoms with Gasteiger partial charge < -0.3 is 15.4 Å². The number of alkyl halides is 2. The van der Waals surface area contributed by atoms with Crippen LogP contribution in [0.25, 0.3) is 0 Å². The average Bonchev–Trinajstić information content (AvgIpc) is 2.44. The van der Waals surface area contributed by atoms with Crippen molar-refractivity contribution in [3.8, 4) is 5.75 Å². The van der Waals surface area contributed by atoms with Gasteiger partial charge in [0, 0.05) is 13.1 Å². The van der Waals surface area contributed by atoms with Gasteiger partial charge in [-0.25, -0.2) is 13.8 Å². The number of nitrogens with zero attached hydrogens (tertiary/aromatic N) is 2. The van der Waals surface area contributed by atoms with Crippen LogP contribution in [-0.4, -0.2) is 37.0 Å². The van der Waals surface area contributed by atoms with Crippen molar-refractivity contribution in [2.45, 2.75) is 26.8 Å². The highest BCUT2D eigenvalue weighted by Crippen LogP contribution is 2.15. The van der Waals surface area contributed by atoms with Crippen molar-refractivity contribution in [1.82, 2.24) is 4.90 Å². The van der Waals surface area contributed by atoms with Crippen molar-refractivity contribution in [3.63, 3.8) is 0 Å². The zero-order valence-electron chi connectivity index (χ0n) is 11.9. The minimum atomic E-state index is -2.48. The van der Waals surface area contributed by atoms with E-state index >= 15 is 0 Å². The van der Waals surface area contributed by atoms with Gasteiger partial charge in [-0.15, -0.1) is 0 Å². The number of halogens is 2. The predicted molar refractivity (Wildman–Crippen MR) is 76.2 cm³/mol. The summed E-state index contributed by atoms with van der Waals surface area (Å²) in [4.78, 5) is 6.23. The number of guanidine groups is 1. The van der Waals surface area contributed by atoms with Gasteiger partial charge in [0.1, 0.15) is 12.4 Å². The third-order valence-corrected chi connectivity index (χ3v) is 2.79. The van der Waals surface area contributed by atoms with Crippen LogP contribution in [0.2, 0.25) is 0 Å². The molecule has 0 atom stereocenters. The van der Waals surface area contributed by atoms with Crippen LogP contribution in [0, 0.1) is 0 Å². The highest BCUT2D eigenvalue weighted by molar-refractivity contribution is 5.78. The lowest BCUT2D eigenvalue weighted by Crippen LogP contribution is -2.37. The van der Waals surface area contributed by atoms with Crippen molar-refractivity contribution in [1.29, 1.82) is 0 Å². The standard InChI is InChI=1S/C14H21F2N3O/c1-3-19(4-2)14(17)18-9-11-6-5-7-12(8-11)20-10-13(15)16/h5-8,13H,3-4,9-10H2,1-2H3,(H2,17,18). The van der Waals surface area contributed by atoms with Gasteiger partial charge in [0.15, 0.2) is 5.96 Å². The molecule has 0 aliphatic rings. The maximum Gasteiger partial charge on any atom is 0.272 e. The number of rotatable bonds is 7. The normalized spacial score (nSPS) is 11.8. The molecule has 0 spiro atoms. The summed E-state index contributed by atoms with van der Waals surface area (Å²) in [5.74, 6) is 0.897. The Balaban J connectivity index is 2.64. The Bertz CT molecular complexity index is 434. The smallest absolute Gasteiger partial charge is 0.272 e. The molecule has 0 aromatic heterocycles. The molecule has 0 unspecified atom stereocenters. The SMILES string of the molecule is CCN(CC)C(N)=NCc1cccc(OCC(F)F)c1. The van der Waals surface area contributed by atoms with E-state index in [-0.39, 0.29) is 0 Å². The Morgan fingerprint density at radius 3 is 2.65 bits per heavy atom. The van der Waals surface area contributed by atoms with Crippen molar-refractivity contribution in [3.05, 3.63) is 29.8 Å². The molecule has 0 aliphatic carbocycles. The molecule has 6 heteroatoms. The quantitative estimate of drug-likeness (QED) is 0.618. The maximum atomic E-state index is 12.1. The summed E-state index contributed by atoms with van der Waals surface area (Å²) in [6.07, 6.45) is -2.48. The lowest BCUT2D eigenvalue weighted by Gasteiger charge is -2.19. The molecule has 0 radical (unpaired) electrons. The van der Waals surface area contributed by atoms with E-state index in [9.17, 15) is 8.78 Å². The van der Waals surface area contributed by atoms with E-state index in [0.717, 1.165) is 18.7 Å². The number of benzene rings is 1. The Morgan fingerprint density at radius 2 is 2.05 bits per heavy atom. The molecule has 0 saturated heterocycles. The number of nitrogens with two attached hydrogens (primary N) is 1. The first-order valence-corrected chi connectivity index (χ1v) is 6.61. The van der Waals surface area contributed by atoms with Gasteiger partial charge in [0.05, 0.1) is 6.54 Å². The van der Waals surface area contributed by atoms with Crippen LogP contribution >= 0.6 is 0 Å². The highest BCUT2D eigenvalue weighted by Gasteiger charge is 2.05. The topological polar surface area (TPSA) is 50.8 Å². The number of hydrogen-bond donors (Lipinski definition) is 1. The molecular weight excluding hydrogens is 264 g/mol. The maximum absolute atomic E-state index is 12.1. The van der Waals surface area contributed by atoms with Crippen LogP contribution in [0.5, 0.6) is 5.75 Å². The second-order valence-corrected chi connectivity index (χ2v) is 4.20. The van der Waals surface area contributed by atoms with E-state index in [1.165, 1.54) is 0 Å². The van der Waals surface area contributed by atoms with Crippen LogP contribution < -0.4 is 10.5 Å². The summed E-state index contributed by atoms with van der Waals surface area (Å²) in [6, 6.07) is 6.94. The van der Waals surface area contributed by atoms with Gasteiger partial charge in [0.2, 0.25) is 0 Å². The van der Waals surface area contributed by atoms with E-state index in [2.05, 4.69) is 4.99 Å². The zero-order valence-corrected chi connectivity index (χ0v) is 11.9. The van der Waals surface area contributed by atoms with Crippen molar-refractivity contribution < 1.29 is 13.5 Å². The van der Waals surface area contributed by atoms with Crippen molar-refractivity contribution in [2.75, 3.05) is 19.7 Å². The molecule has 1 aromatic carbocycles. The molecule has 0 fully saturated rings. The van der Waals surface area contributed by atoms with Gasteiger partial charge in [-0.05, 0) is 31.5 Å². The number of aliphatic imine (C=N–C) groups is 1. The molecule has 0 saturated carbocycles. The Kier molecular flexibility index (Phi) is 6.76. The van der Waals surface area contributed by atoms with E-state index in [0.29, 0.717) is 18.3 Å². The van der Waals surface area contributed by atoms with E-state index < -0.39 is 13.0 Å². The van der Waals surface area contributed by atoms with Crippen LogP contribution in [0.4, 0.5) is 8.78 Å². The van der Waals surface area contributed by atoms with Crippen LogP contribution in [0.1, 0.15) is 19.4 Å². The molecule has 0 bridgehead atoms. The summed E-state index contributed by atoms with van der Waals surface area (Å²) in [6.45, 7) is 5.39. The lowest BCUT2D eigenvalue weighted by atomic mass is 10.2. The first kappa shape index (κ1) is 16.2. The van der Waals surface area contributed by atoms with Gasteiger partial charge in [-0.3, -0.25) is 0 Å². The first-order valence-electron chi connectivity index (χ1n) is 6.61. The largest absolute Gasteiger partial charge is 0.488 e. The monoisotopic (exact) mass is 285 g/mol. The van der Waals surface area contributed by atoms with E-state index in [4.69, 9.17) is 10.5 Å². The third-order valence-electron chi connectivity index (χ3n) is 2.79. The Labute approximate surface area is 118 Å². The summed E-state index contributed by atoms with van der Waals surface area (Å²) in [7, 11) is 0. The summed E-state index contributed by atoms with van der Waals surface area (Å²) in [5.41, 5.74) is 6.74. The third kappa shape index (κ3) is 5.42. The Hall–Kier alpha value is -1.85. The van der Waals surface area contributed by atoms with Crippen LogP contribution in [0.15, 0.2) is 29.3 Å². The molecule has 0 aliphatic heterocycles. The highest BCUT2D eigenvalue weighted by atomic mass is 19.3. The van der Waals surface area contributed by atoms with Crippen molar-refractivity contribution in [2.24, 2.45) is 10.7 Å². The van der Waals surface area contributed by atoms with Gasteiger partial charge in [-0.1, -0.05) is 12.1 Å². The minimum absolute atomic E-state index is 0.397. The summed E-state index contributed by atoms with van der Waals surface area (Å²) < 4.78 is 29.1. The van der Waals surface area contributed by atoms with Gasteiger partial charge >= 0.3 is 0 Å². The molecule has 2 N–H and O–H groups in total. The molecule has 0 heterocycles. The Morgan fingerprint density at radius 1 is 1.35 bits per heavy atom. The predicted octanol–water partition coefficient (Wildman–Crippen LogP) is 2.49. The first-order chi connectivity index (χ1) is 9.56. The summed E-state index contributed by atoms with van der Waals surface area (Å²) in [5, 5.41) is 0. The fourth-order valence-electron chi connectivity index (χ4n) is 1.71. The second-order valence-electron chi connectivity index (χ2n) is 4.20.